The number of aryl methyl sites for hydroxylation is 1. The lowest BCUT2D eigenvalue weighted by molar-refractivity contribution is 0.244. The van der Waals surface area contributed by atoms with Crippen LogP contribution in [-0.4, -0.2) is 40.5 Å². The Morgan fingerprint density at radius 2 is 2.11 bits per heavy atom. The maximum Gasteiger partial charge on any atom is 0.263 e. The van der Waals surface area contributed by atoms with Gasteiger partial charge in [0.15, 0.2) is 0 Å². The molecule has 0 radical (unpaired) electrons. The number of aromatic nitrogens is 6. The van der Waals surface area contributed by atoms with Gasteiger partial charge in [-0.3, -0.25) is 23.3 Å². The van der Waals surface area contributed by atoms with Crippen LogP contribution in [0.5, 0.6) is 0 Å². The Morgan fingerprint density at radius 1 is 1.32 bits per heavy atom. The molecule has 0 bridgehead atoms. The maximum absolute atomic E-state index is 12.9. The van der Waals surface area contributed by atoms with Crippen molar-refractivity contribution in [3.8, 4) is 0 Å². The van der Waals surface area contributed by atoms with Crippen molar-refractivity contribution in [3.63, 3.8) is 0 Å². The van der Waals surface area contributed by atoms with E-state index in [0.29, 0.717) is 35.7 Å². The molecule has 8 nitrogen and oxygen atoms in total. The first-order valence-corrected chi connectivity index (χ1v) is 9.28. The molecular formula is C19H21N7OS. The van der Waals surface area contributed by atoms with Crippen molar-refractivity contribution in [1.82, 2.24) is 33.4 Å². The van der Waals surface area contributed by atoms with Gasteiger partial charge in [-0.05, 0) is 31.4 Å². The molecule has 0 fully saturated rings. The molecule has 9 heteroatoms. The third-order valence-electron chi connectivity index (χ3n) is 4.58. The second-order valence-corrected chi connectivity index (χ2v) is 7.18. The van der Waals surface area contributed by atoms with Crippen LogP contribution in [0.2, 0.25) is 0 Å². The summed E-state index contributed by atoms with van der Waals surface area (Å²) in [7, 11) is 3.89. The SMILES string of the molecule is C=CCn1c(=O)c2ccccc2n2c(=S)n(CN(C)Cc3cnn(C)c3)nc12. The number of hydrogen-bond donors (Lipinski definition) is 0. The van der Waals surface area contributed by atoms with Crippen molar-refractivity contribution < 1.29 is 0 Å². The van der Waals surface area contributed by atoms with Crippen molar-refractivity contribution in [2.24, 2.45) is 7.05 Å². The van der Waals surface area contributed by atoms with Gasteiger partial charge in [0.05, 0.1) is 23.8 Å². The van der Waals surface area contributed by atoms with Gasteiger partial charge in [-0.2, -0.15) is 5.10 Å². The molecule has 3 heterocycles. The maximum atomic E-state index is 12.9. The summed E-state index contributed by atoms with van der Waals surface area (Å²) in [5.74, 6) is 0.517. The summed E-state index contributed by atoms with van der Waals surface area (Å²) in [4.78, 5) is 15.0. The zero-order chi connectivity index (χ0) is 19.8. The topological polar surface area (TPSA) is 65.3 Å². The highest BCUT2D eigenvalue weighted by molar-refractivity contribution is 7.71. The predicted molar refractivity (Wildman–Crippen MR) is 111 cm³/mol. The highest BCUT2D eigenvalue weighted by atomic mass is 32.1. The first kappa shape index (κ1) is 18.3. The summed E-state index contributed by atoms with van der Waals surface area (Å²) in [5.41, 5.74) is 1.77. The van der Waals surface area contributed by atoms with Gasteiger partial charge < -0.3 is 0 Å². The number of nitrogens with zero attached hydrogens (tertiary/aromatic N) is 7. The molecule has 0 spiro atoms. The molecular weight excluding hydrogens is 374 g/mol. The molecule has 0 atom stereocenters. The summed E-state index contributed by atoms with van der Waals surface area (Å²) in [5, 5.41) is 9.46. The van der Waals surface area contributed by atoms with Gasteiger partial charge in [-0.1, -0.05) is 18.2 Å². The van der Waals surface area contributed by atoms with Crippen LogP contribution < -0.4 is 5.56 Å². The van der Waals surface area contributed by atoms with Gasteiger partial charge >= 0.3 is 0 Å². The fourth-order valence-electron chi connectivity index (χ4n) is 3.40. The van der Waals surface area contributed by atoms with Crippen LogP contribution in [0, 0.1) is 4.77 Å². The molecule has 0 saturated carbocycles. The van der Waals surface area contributed by atoms with Gasteiger partial charge in [-0.25, -0.2) is 4.68 Å². The Morgan fingerprint density at radius 3 is 2.82 bits per heavy atom. The van der Waals surface area contributed by atoms with Crippen LogP contribution in [0.4, 0.5) is 0 Å². The zero-order valence-electron chi connectivity index (χ0n) is 15.8. The molecule has 28 heavy (non-hydrogen) atoms. The summed E-state index contributed by atoms with van der Waals surface area (Å²) < 4.78 is 7.52. The van der Waals surface area contributed by atoms with Crippen LogP contribution in [0.3, 0.4) is 0 Å². The number of rotatable bonds is 6. The van der Waals surface area contributed by atoms with E-state index < -0.39 is 0 Å². The first-order chi connectivity index (χ1) is 13.5. The van der Waals surface area contributed by atoms with Crippen molar-refractivity contribution in [2.75, 3.05) is 7.05 Å². The normalized spacial score (nSPS) is 11.7. The van der Waals surface area contributed by atoms with Crippen LogP contribution in [0.25, 0.3) is 16.7 Å². The van der Waals surface area contributed by atoms with E-state index in [2.05, 4.69) is 21.7 Å². The molecule has 0 N–H and O–H groups in total. The zero-order valence-corrected chi connectivity index (χ0v) is 16.6. The van der Waals surface area contributed by atoms with Crippen LogP contribution in [0.15, 0.2) is 54.1 Å². The summed E-state index contributed by atoms with van der Waals surface area (Å²) in [6, 6.07) is 7.45. The third kappa shape index (κ3) is 3.08. The van der Waals surface area contributed by atoms with E-state index in [-0.39, 0.29) is 5.56 Å². The Balaban J connectivity index is 1.82. The molecule has 0 amide bonds. The molecule has 4 aromatic rings. The minimum Gasteiger partial charge on any atom is -0.283 e. The first-order valence-electron chi connectivity index (χ1n) is 8.87. The van der Waals surface area contributed by atoms with E-state index in [9.17, 15) is 4.79 Å². The number of fused-ring (bicyclic) bond motifs is 3. The van der Waals surface area contributed by atoms with Crippen molar-refractivity contribution >= 4 is 28.9 Å². The Hall–Kier alpha value is -3.04. The van der Waals surface area contributed by atoms with Crippen LogP contribution >= 0.6 is 12.2 Å². The van der Waals surface area contributed by atoms with E-state index in [1.807, 2.05) is 55.2 Å². The van der Waals surface area contributed by atoms with E-state index >= 15 is 0 Å². The summed E-state index contributed by atoms with van der Waals surface area (Å²) in [6.07, 6.45) is 5.51. The summed E-state index contributed by atoms with van der Waals surface area (Å²) >= 11 is 5.71. The minimum atomic E-state index is -0.0983. The number of benzene rings is 1. The predicted octanol–water partition coefficient (Wildman–Crippen LogP) is 2.19. The Kier molecular flexibility index (Phi) is 4.70. The fraction of sp³-hybridized carbons (Fsp3) is 0.263. The lowest BCUT2D eigenvalue weighted by Crippen LogP contribution is -2.23. The monoisotopic (exact) mass is 395 g/mol. The van der Waals surface area contributed by atoms with E-state index in [1.54, 1.807) is 20.0 Å². The van der Waals surface area contributed by atoms with Crippen molar-refractivity contribution in [2.45, 2.75) is 19.8 Å². The largest absolute Gasteiger partial charge is 0.283 e. The van der Waals surface area contributed by atoms with E-state index in [1.165, 1.54) is 0 Å². The lowest BCUT2D eigenvalue weighted by Gasteiger charge is -2.14. The van der Waals surface area contributed by atoms with Crippen LogP contribution in [-0.2, 0) is 26.8 Å². The highest BCUT2D eigenvalue weighted by Crippen LogP contribution is 2.15. The van der Waals surface area contributed by atoms with Crippen LogP contribution in [0.1, 0.15) is 5.56 Å². The molecule has 1 aromatic carbocycles. The second kappa shape index (κ2) is 7.17. The molecule has 0 aliphatic rings. The third-order valence-corrected chi connectivity index (χ3v) is 4.98. The lowest BCUT2D eigenvalue weighted by atomic mass is 10.2. The molecule has 144 valence electrons. The molecule has 3 aromatic heterocycles. The highest BCUT2D eigenvalue weighted by Gasteiger charge is 2.15. The summed E-state index contributed by atoms with van der Waals surface area (Å²) in [6.45, 7) is 5.33. The van der Waals surface area contributed by atoms with Gasteiger partial charge in [0.2, 0.25) is 10.5 Å². The quantitative estimate of drug-likeness (QED) is 0.370. The molecule has 4 rings (SSSR count). The smallest absolute Gasteiger partial charge is 0.263 e. The molecule has 0 unspecified atom stereocenters. The molecule has 0 aliphatic heterocycles. The van der Waals surface area contributed by atoms with Crippen molar-refractivity contribution in [3.05, 3.63) is 70.0 Å². The standard InChI is InChI=1S/C19H21N7OS/c1-4-9-24-17(27)15-7-5-6-8-16(15)26-18(24)21-25(19(26)28)13-22(2)11-14-10-20-23(3)12-14/h4-8,10,12H,1,9,11,13H2,2-3H3. The van der Waals surface area contributed by atoms with Gasteiger partial charge in [0, 0.05) is 31.9 Å². The van der Waals surface area contributed by atoms with Gasteiger partial charge in [0.25, 0.3) is 5.56 Å². The van der Waals surface area contributed by atoms with E-state index in [0.717, 1.165) is 11.1 Å². The van der Waals surface area contributed by atoms with E-state index in [4.69, 9.17) is 12.2 Å². The average Bonchev–Trinajstić information content (AvgIpc) is 3.22. The Labute approximate surface area is 166 Å². The van der Waals surface area contributed by atoms with Gasteiger partial charge in [0.1, 0.15) is 0 Å². The average molecular weight is 395 g/mol. The fourth-order valence-corrected chi connectivity index (χ4v) is 3.68. The Bertz CT molecular complexity index is 1290. The number of hydrogen-bond acceptors (Lipinski definition) is 5. The minimum absolute atomic E-state index is 0.0983. The molecule has 0 aliphatic carbocycles. The van der Waals surface area contributed by atoms with Gasteiger partial charge in [-0.15, -0.1) is 11.7 Å². The molecule has 0 saturated heterocycles. The van der Waals surface area contributed by atoms with Crippen molar-refractivity contribution in [1.29, 1.82) is 0 Å². The second-order valence-electron chi connectivity index (χ2n) is 6.82. The number of allylic oxidation sites excluding steroid dienone is 1. The number of para-hydroxylation sites is 1.